The highest BCUT2D eigenvalue weighted by Crippen LogP contribution is 2.48. The summed E-state index contributed by atoms with van der Waals surface area (Å²) in [7, 11) is 0. The van der Waals surface area contributed by atoms with Gasteiger partial charge in [0, 0.05) is 25.7 Å². The van der Waals surface area contributed by atoms with Crippen molar-refractivity contribution in [3.8, 4) is 0 Å². The molecule has 0 aliphatic heterocycles. The second-order valence-electron chi connectivity index (χ2n) is 4.59. The van der Waals surface area contributed by atoms with E-state index in [1.807, 2.05) is 12.1 Å². The molecular weight excluding hydrogens is 218 g/mol. The zero-order valence-electron chi connectivity index (χ0n) is 9.63. The van der Waals surface area contributed by atoms with E-state index >= 15 is 0 Å². The number of hydrogen-bond donors (Lipinski definition) is 3. The van der Waals surface area contributed by atoms with Crippen molar-refractivity contribution in [2.45, 2.75) is 25.8 Å². The molecule has 6 heteroatoms. The van der Waals surface area contributed by atoms with E-state index in [1.165, 1.54) is 0 Å². The van der Waals surface area contributed by atoms with E-state index in [4.69, 9.17) is 10.9 Å². The molecule has 2 rings (SSSR count). The Bertz CT molecular complexity index is 388. The first-order valence-corrected chi connectivity index (χ1v) is 5.68. The molecule has 0 aromatic carbocycles. The minimum absolute atomic E-state index is 0.179. The molecule has 0 spiro atoms. The lowest BCUT2D eigenvalue weighted by atomic mass is 10.0. The van der Waals surface area contributed by atoms with Crippen LogP contribution in [-0.4, -0.2) is 27.8 Å². The first-order chi connectivity index (χ1) is 8.24. The van der Waals surface area contributed by atoms with Crippen LogP contribution in [0.3, 0.4) is 0 Å². The Morgan fingerprint density at radius 2 is 2.41 bits per heavy atom. The van der Waals surface area contributed by atoms with Gasteiger partial charge in [-0.3, -0.25) is 0 Å². The van der Waals surface area contributed by atoms with Gasteiger partial charge in [0.25, 0.3) is 0 Å². The van der Waals surface area contributed by atoms with Crippen molar-refractivity contribution in [1.82, 2.24) is 15.5 Å². The summed E-state index contributed by atoms with van der Waals surface area (Å²) < 4.78 is 0. The lowest BCUT2D eigenvalue weighted by Gasteiger charge is -2.14. The largest absolute Gasteiger partial charge is 0.409 e. The number of nitrogens with zero attached hydrogens (tertiary/aromatic N) is 3. The molecule has 17 heavy (non-hydrogen) atoms. The van der Waals surface area contributed by atoms with Gasteiger partial charge in [-0.25, -0.2) is 0 Å². The third-order valence-corrected chi connectivity index (χ3v) is 3.08. The quantitative estimate of drug-likeness (QED) is 0.288. The molecule has 1 aromatic heterocycles. The Balaban J connectivity index is 1.75. The van der Waals surface area contributed by atoms with Gasteiger partial charge in [0.15, 0.2) is 0 Å². The van der Waals surface area contributed by atoms with Crippen LogP contribution in [0.5, 0.6) is 0 Å². The van der Waals surface area contributed by atoms with E-state index in [9.17, 15) is 0 Å². The fourth-order valence-electron chi connectivity index (χ4n) is 1.90. The van der Waals surface area contributed by atoms with Gasteiger partial charge in [0.1, 0.15) is 5.84 Å². The maximum atomic E-state index is 8.55. The number of rotatable bonds is 6. The predicted molar refractivity (Wildman–Crippen MR) is 63.4 cm³/mol. The molecule has 0 saturated heterocycles. The van der Waals surface area contributed by atoms with Crippen molar-refractivity contribution in [1.29, 1.82) is 0 Å². The first kappa shape index (κ1) is 11.8. The monoisotopic (exact) mass is 235 g/mol. The fraction of sp³-hybridized carbons (Fsp3) is 0.545. The van der Waals surface area contributed by atoms with Crippen LogP contribution in [0.15, 0.2) is 23.5 Å². The molecule has 0 bridgehead atoms. The third-order valence-electron chi connectivity index (χ3n) is 3.08. The summed E-state index contributed by atoms with van der Waals surface area (Å²) in [6.07, 6.45) is 4.55. The third kappa shape index (κ3) is 3.39. The zero-order chi connectivity index (χ0) is 12.1. The van der Waals surface area contributed by atoms with Crippen LogP contribution in [0.4, 0.5) is 0 Å². The number of nitrogens with one attached hydrogen (secondary N) is 1. The predicted octanol–water partition coefficient (Wildman–Crippen LogP) is 0.483. The van der Waals surface area contributed by atoms with Crippen molar-refractivity contribution in [2.75, 3.05) is 6.54 Å². The average molecular weight is 235 g/mol. The number of amidine groups is 1. The fourth-order valence-corrected chi connectivity index (χ4v) is 1.90. The molecular formula is C11H17N5O. The summed E-state index contributed by atoms with van der Waals surface area (Å²) in [5.74, 6) is 0.309. The van der Waals surface area contributed by atoms with Gasteiger partial charge in [0.05, 0.1) is 5.69 Å². The van der Waals surface area contributed by atoms with Crippen molar-refractivity contribution in [3.05, 3.63) is 24.0 Å². The van der Waals surface area contributed by atoms with Crippen LogP contribution in [0.1, 0.15) is 25.0 Å². The maximum absolute atomic E-state index is 8.55. The molecule has 0 atom stereocenters. The highest BCUT2D eigenvalue weighted by Gasteiger charge is 2.42. The second kappa shape index (κ2) is 5.09. The highest BCUT2D eigenvalue weighted by molar-refractivity contribution is 5.80. The normalized spacial score (nSPS) is 18.0. The van der Waals surface area contributed by atoms with Crippen LogP contribution in [0.2, 0.25) is 0 Å². The van der Waals surface area contributed by atoms with Gasteiger partial charge >= 0.3 is 0 Å². The van der Waals surface area contributed by atoms with Gasteiger partial charge in [-0.05, 0) is 30.4 Å². The van der Waals surface area contributed by atoms with Crippen LogP contribution in [-0.2, 0) is 6.54 Å². The Morgan fingerprint density at radius 1 is 1.59 bits per heavy atom. The van der Waals surface area contributed by atoms with Crippen molar-refractivity contribution in [3.63, 3.8) is 0 Å². The molecule has 1 aliphatic rings. The van der Waals surface area contributed by atoms with Gasteiger partial charge in [-0.2, -0.15) is 10.2 Å². The highest BCUT2D eigenvalue weighted by atomic mass is 16.4. The summed E-state index contributed by atoms with van der Waals surface area (Å²) >= 11 is 0. The molecule has 1 aliphatic carbocycles. The molecule has 0 amide bonds. The molecule has 1 heterocycles. The Morgan fingerprint density at radius 3 is 3.00 bits per heavy atom. The number of oxime groups is 1. The Hall–Kier alpha value is -1.69. The summed E-state index contributed by atoms with van der Waals surface area (Å²) in [6.45, 7) is 1.56. The van der Waals surface area contributed by atoms with Gasteiger partial charge < -0.3 is 16.3 Å². The summed E-state index contributed by atoms with van der Waals surface area (Å²) in [6, 6.07) is 3.80. The van der Waals surface area contributed by atoms with E-state index in [1.54, 1.807) is 6.20 Å². The lowest BCUT2D eigenvalue weighted by Crippen LogP contribution is -2.28. The smallest absolute Gasteiger partial charge is 0.139 e. The van der Waals surface area contributed by atoms with E-state index < -0.39 is 0 Å². The summed E-state index contributed by atoms with van der Waals surface area (Å²) in [5, 5.41) is 22.7. The Labute approximate surface area is 99.9 Å². The first-order valence-electron chi connectivity index (χ1n) is 5.68. The van der Waals surface area contributed by atoms with Crippen molar-refractivity contribution >= 4 is 5.84 Å². The molecule has 1 aromatic rings. The second-order valence-corrected chi connectivity index (χ2v) is 4.59. The zero-order valence-corrected chi connectivity index (χ0v) is 9.63. The Kier molecular flexibility index (Phi) is 3.53. The minimum atomic E-state index is 0.179. The van der Waals surface area contributed by atoms with E-state index in [2.05, 4.69) is 20.7 Å². The molecule has 6 nitrogen and oxygen atoms in total. The molecule has 1 fully saturated rings. The van der Waals surface area contributed by atoms with Gasteiger partial charge in [0.2, 0.25) is 0 Å². The van der Waals surface area contributed by atoms with Crippen LogP contribution in [0, 0.1) is 5.41 Å². The van der Waals surface area contributed by atoms with E-state index in [-0.39, 0.29) is 5.41 Å². The minimum Gasteiger partial charge on any atom is -0.409 e. The van der Waals surface area contributed by atoms with Crippen molar-refractivity contribution < 1.29 is 5.21 Å². The van der Waals surface area contributed by atoms with Crippen LogP contribution in [0.25, 0.3) is 0 Å². The van der Waals surface area contributed by atoms with E-state index in [0.29, 0.717) is 18.8 Å². The molecule has 92 valence electrons. The number of hydrogen-bond acceptors (Lipinski definition) is 5. The van der Waals surface area contributed by atoms with Crippen LogP contribution < -0.4 is 11.1 Å². The lowest BCUT2D eigenvalue weighted by molar-refractivity contribution is 0.314. The topological polar surface area (TPSA) is 96.4 Å². The van der Waals surface area contributed by atoms with Crippen molar-refractivity contribution in [2.24, 2.45) is 16.3 Å². The SMILES string of the molecule is N/C(CC1(CNCc2cccnn2)CC1)=N/O. The number of aromatic nitrogens is 2. The van der Waals surface area contributed by atoms with Crippen LogP contribution >= 0.6 is 0 Å². The summed E-state index contributed by atoms with van der Waals surface area (Å²) in [5.41, 5.74) is 6.63. The number of nitrogens with two attached hydrogens (primary N) is 1. The molecule has 4 N–H and O–H groups in total. The standard InChI is InChI=1S/C11H17N5O/c12-10(16-17)6-11(3-4-11)8-13-7-9-2-1-5-14-15-9/h1-2,5,13,17H,3-4,6-8H2,(H2,12,16). The molecule has 0 unspecified atom stereocenters. The maximum Gasteiger partial charge on any atom is 0.139 e. The van der Waals surface area contributed by atoms with E-state index in [0.717, 1.165) is 25.1 Å². The molecule has 0 radical (unpaired) electrons. The molecule has 1 saturated carbocycles. The van der Waals surface area contributed by atoms with Gasteiger partial charge in [-0.15, -0.1) is 0 Å². The average Bonchev–Trinajstić information content (AvgIpc) is 3.10. The van der Waals surface area contributed by atoms with Gasteiger partial charge in [-0.1, -0.05) is 5.16 Å². The summed E-state index contributed by atoms with van der Waals surface area (Å²) in [4.78, 5) is 0.